The molecule has 0 saturated heterocycles. The molecule has 0 unspecified atom stereocenters. The average Bonchev–Trinajstić information content (AvgIpc) is 2.30. The second kappa shape index (κ2) is 2.26. The maximum atomic E-state index is 2.32. The number of hydrogen-bond acceptors (Lipinski definition) is 1. The van der Waals surface area contributed by atoms with Gasteiger partial charge >= 0.3 is 0 Å². The lowest BCUT2D eigenvalue weighted by Crippen LogP contribution is -2.13. The van der Waals surface area contributed by atoms with E-state index >= 15 is 0 Å². The van der Waals surface area contributed by atoms with Crippen molar-refractivity contribution in [3.63, 3.8) is 0 Å². The molecule has 1 aliphatic rings. The van der Waals surface area contributed by atoms with Gasteiger partial charge in [0.2, 0.25) is 0 Å². The lowest BCUT2D eigenvalue weighted by atomic mass is 10.0. The molecule has 1 nitrogen and oxygen atoms in total. The second-order valence-corrected chi connectivity index (χ2v) is 3.34. The Kier molecular flexibility index (Phi) is 1.38. The van der Waals surface area contributed by atoms with Gasteiger partial charge in [0.15, 0.2) is 0 Å². The summed E-state index contributed by atoms with van der Waals surface area (Å²) in [7, 11) is 2.16. The summed E-state index contributed by atoms with van der Waals surface area (Å²) in [6.07, 6.45) is 0. The fraction of sp³-hybridized carbons (Fsp3) is 0.400. The number of para-hydroxylation sites is 1. The van der Waals surface area contributed by atoms with Gasteiger partial charge in [0.05, 0.1) is 0 Å². The zero-order chi connectivity index (χ0) is 7.84. The van der Waals surface area contributed by atoms with Crippen LogP contribution in [0.2, 0.25) is 0 Å². The lowest BCUT2D eigenvalue weighted by Gasteiger charge is -2.10. The summed E-state index contributed by atoms with van der Waals surface area (Å²) >= 11 is 0. The normalized spacial score (nSPS) is 22.0. The van der Waals surface area contributed by atoms with E-state index in [4.69, 9.17) is 0 Å². The van der Waals surface area contributed by atoms with Crippen molar-refractivity contribution in [1.82, 2.24) is 0 Å². The molecule has 0 radical (unpaired) electrons. The molecule has 0 saturated carbocycles. The van der Waals surface area contributed by atoms with Crippen molar-refractivity contribution in [3.8, 4) is 0 Å². The van der Waals surface area contributed by atoms with Crippen LogP contribution in [0.5, 0.6) is 0 Å². The van der Waals surface area contributed by atoms with Gasteiger partial charge in [-0.3, -0.25) is 0 Å². The molecule has 0 bridgehead atoms. The largest absolute Gasteiger partial charge is 0.374 e. The highest BCUT2D eigenvalue weighted by molar-refractivity contribution is 5.59. The second-order valence-electron chi connectivity index (χ2n) is 3.34. The summed E-state index contributed by atoms with van der Waals surface area (Å²) in [6, 6.07) is 8.64. The molecule has 1 atom stereocenters. The maximum absolute atomic E-state index is 2.32. The number of nitrogens with zero attached hydrogens (tertiary/aromatic N) is 1. The van der Waals surface area contributed by atoms with E-state index in [9.17, 15) is 0 Å². The number of hydrogen-bond donors (Lipinski definition) is 0. The SMILES string of the molecule is C[C@H]1CN(C)c2ccccc21. The van der Waals surface area contributed by atoms with Crippen LogP contribution in [0.3, 0.4) is 0 Å². The van der Waals surface area contributed by atoms with E-state index in [0.717, 1.165) is 0 Å². The Balaban J connectivity index is 2.52. The minimum atomic E-state index is 0.705. The van der Waals surface area contributed by atoms with Crippen molar-refractivity contribution in [2.75, 3.05) is 18.5 Å². The Morgan fingerprint density at radius 2 is 2.09 bits per heavy atom. The molecule has 0 fully saturated rings. The number of likely N-dealkylation sites (N-methyl/N-ethyl adjacent to an activating group) is 1. The third-order valence-corrected chi connectivity index (χ3v) is 2.43. The van der Waals surface area contributed by atoms with Crippen molar-refractivity contribution in [1.29, 1.82) is 0 Å². The first-order valence-electron chi connectivity index (χ1n) is 4.09. The van der Waals surface area contributed by atoms with Crippen molar-refractivity contribution in [2.24, 2.45) is 0 Å². The fourth-order valence-electron chi connectivity index (χ4n) is 1.86. The van der Waals surface area contributed by atoms with Crippen LogP contribution in [0.25, 0.3) is 0 Å². The Bertz CT molecular complexity index is 240. The molecule has 0 aliphatic carbocycles. The van der Waals surface area contributed by atoms with Gasteiger partial charge in [-0.15, -0.1) is 0 Å². The van der Waals surface area contributed by atoms with Gasteiger partial charge in [0, 0.05) is 25.2 Å². The highest BCUT2D eigenvalue weighted by atomic mass is 15.1. The van der Waals surface area contributed by atoms with Gasteiger partial charge in [-0.25, -0.2) is 0 Å². The highest BCUT2D eigenvalue weighted by Gasteiger charge is 2.21. The van der Waals surface area contributed by atoms with Crippen LogP contribution in [0, 0.1) is 0 Å². The third kappa shape index (κ3) is 0.917. The van der Waals surface area contributed by atoms with E-state index in [0.29, 0.717) is 5.92 Å². The van der Waals surface area contributed by atoms with E-state index in [1.807, 2.05) is 0 Å². The van der Waals surface area contributed by atoms with Crippen LogP contribution in [-0.4, -0.2) is 13.6 Å². The number of benzene rings is 1. The van der Waals surface area contributed by atoms with Gasteiger partial charge < -0.3 is 4.90 Å². The first kappa shape index (κ1) is 6.71. The van der Waals surface area contributed by atoms with Crippen LogP contribution in [0.15, 0.2) is 24.3 Å². The quantitative estimate of drug-likeness (QED) is 0.544. The molecule has 0 aromatic heterocycles. The van der Waals surface area contributed by atoms with Crippen molar-refractivity contribution in [3.05, 3.63) is 29.8 Å². The molecular formula is C10H13N. The zero-order valence-corrected chi connectivity index (χ0v) is 7.04. The summed E-state index contributed by atoms with van der Waals surface area (Å²) in [5.41, 5.74) is 2.90. The molecule has 0 N–H and O–H groups in total. The molecule has 58 valence electrons. The number of anilines is 1. The van der Waals surface area contributed by atoms with E-state index < -0.39 is 0 Å². The summed E-state index contributed by atoms with van der Waals surface area (Å²) < 4.78 is 0. The average molecular weight is 147 g/mol. The predicted octanol–water partition coefficient (Wildman–Crippen LogP) is 2.24. The van der Waals surface area contributed by atoms with Crippen molar-refractivity contribution < 1.29 is 0 Å². The molecule has 0 amide bonds. The molecule has 1 aromatic carbocycles. The molecule has 1 aromatic rings. The molecule has 2 rings (SSSR count). The van der Waals surface area contributed by atoms with Gasteiger partial charge in [0.1, 0.15) is 0 Å². The molecule has 1 heteroatoms. The Hall–Kier alpha value is -0.980. The van der Waals surface area contributed by atoms with Gasteiger partial charge in [0.25, 0.3) is 0 Å². The molecule has 1 aliphatic heterocycles. The van der Waals surface area contributed by atoms with Gasteiger partial charge in [-0.2, -0.15) is 0 Å². The molecule has 1 heterocycles. The van der Waals surface area contributed by atoms with E-state index in [1.54, 1.807) is 0 Å². The fourth-order valence-corrected chi connectivity index (χ4v) is 1.86. The van der Waals surface area contributed by atoms with E-state index in [-0.39, 0.29) is 0 Å². The summed E-state index contributed by atoms with van der Waals surface area (Å²) in [6.45, 7) is 3.45. The standard InChI is InChI=1S/C10H13N/c1-8-7-11(2)10-6-4-3-5-9(8)10/h3-6,8H,7H2,1-2H3/t8-/m0/s1. The van der Waals surface area contributed by atoms with Crippen LogP contribution in [0.1, 0.15) is 18.4 Å². The maximum Gasteiger partial charge on any atom is 0.0399 e. The van der Waals surface area contributed by atoms with Gasteiger partial charge in [-0.1, -0.05) is 25.1 Å². The molecule has 0 spiro atoms. The smallest absolute Gasteiger partial charge is 0.0399 e. The Morgan fingerprint density at radius 3 is 2.82 bits per heavy atom. The number of rotatable bonds is 0. The van der Waals surface area contributed by atoms with E-state index in [1.165, 1.54) is 17.8 Å². The molecule has 11 heavy (non-hydrogen) atoms. The Morgan fingerprint density at radius 1 is 1.36 bits per heavy atom. The van der Waals surface area contributed by atoms with Crippen LogP contribution in [0.4, 0.5) is 5.69 Å². The minimum Gasteiger partial charge on any atom is -0.374 e. The van der Waals surface area contributed by atoms with Crippen molar-refractivity contribution in [2.45, 2.75) is 12.8 Å². The van der Waals surface area contributed by atoms with Crippen molar-refractivity contribution >= 4 is 5.69 Å². The predicted molar refractivity (Wildman–Crippen MR) is 48.1 cm³/mol. The third-order valence-electron chi connectivity index (χ3n) is 2.43. The monoisotopic (exact) mass is 147 g/mol. The summed E-state index contributed by atoms with van der Waals surface area (Å²) in [5.74, 6) is 0.705. The van der Waals surface area contributed by atoms with E-state index in [2.05, 4.69) is 43.1 Å². The lowest BCUT2D eigenvalue weighted by molar-refractivity contribution is 0.796. The van der Waals surface area contributed by atoms with Crippen LogP contribution >= 0.6 is 0 Å². The Labute approximate surface area is 67.6 Å². The van der Waals surface area contributed by atoms with Crippen LogP contribution < -0.4 is 4.90 Å². The zero-order valence-electron chi connectivity index (χ0n) is 7.04. The summed E-state index contributed by atoms with van der Waals surface area (Å²) in [5, 5.41) is 0. The first-order valence-corrected chi connectivity index (χ1v) is 4.09. The minimum absolute atomic E-state index is 0.705. The van der Waals surface area contributed by atoms with Crippen LogP contribution in [-0.2, 0) is 0 Å². The number of fused-ring (bicyclic) bond motifs is 1. The highest BCUT2D eigenvalue weighted by Crippen LogP contribution is 2.33. The first-order chi connectivity index (χ1) is 5.29. The summed E-state index contributed by atoms with van der Waals surface area (Å²) in [4.78, 5) is 2.32. The molecular weight excluding hydrogens is 134 g/mol. The van der Waals surface area contributed by atoms with Gasteiger partial charge in [-0.05, 0) is 11.6 Å². The topological polar surface area (TPSA) is 3.24 Å².